The van der Waals surface area contributed by atoms with E-state index in [9.17, 15) is 9.59 Å². The van der Waals surface area contributed by atoms with E-state index in [0.29, 0.717) is 18.7 Å². The fourth-order valence-corrected chi connectivity index (χ4v) is 1.95. The molecule has 20 heavy (non-hydrogen) atoms. The van der Waals surface area contributed by atoms with Gasteiger partial charge in [-0.3, -0.25) is 14.7 Å². The summed E-state index contributed by atoms with van der Waals surface area (Å²) < 4.78 is 4.84. The first-order valence-corrected chi connectivity index (χ1v) is 6.46. The van der Waals surface area contributed by atoms with Gasteiger partial charge in [0.2, 0.25) is 0 Å². The molecule has 106 valence electrons. The molecule has 0 unspecified atom stereocenters. The van der Waals surface area contributed by atoms with E-state index >= 15 is 0 Å². The van der Waals surface area contributed by atoms with Gasteiger partial charge in [-0.25, -0.2) is 0 Å². The molecule has 0 saturated heterocycles. The lowest BCUT2D eigenvalue weighted by atomic mass is 10.1. The molecule has 6 heteroatoms. The molecule has 0 bridgehead atoms. The topological polar surface area (TPSA) is 75.3 Å². The maximum Gasteiger partial charge on any atom is 0.307 e. The molecule has 2 rings (SSSR count). The molecule has 1 N–H and O–H groups in total. The highest BCUT2D eigenvalue weighted by Gasteiger charge is 2.16. The number of carbonyl (C=O) groups is 2. The minimum atomic E-state index is -0.298. The zero-order valence-corrected chi connectivity index (χ0v) is 11.5. The molecule has 6 nitrogen and oxygen atoms in total. The van der Waals surface area contributed by atoms with Crippen LogP contribution in [-0.2, 0) is 9.53 Å². The number of hydrogen-bond acceptors (Lipinski definition) is 4. The smallest absolute Gasteiger partial charge is 0.307 e. The summed E-state index contributed by atoms with van der Waals surface area (Å²) in [5.74, 6) is -0.435. The average molecular weight is 275 g/mol. The average Bonchev–Trinajstić information content (AvgIpc) is 2.92. The van der Waals surface area contributed by atoms with Crippen molar-refractivity contribution >= 4 is 22.8 Å². The lowest BCUT2D eigenvalue weighted by molar-refractivity contribution is -0.143. The summed E-state index contributed by atoms with van der Waals surface area (Å²) in [5, 5.41) is 7.54. The van der Waals surface area contributed by atoms with E-state index in [1.165, 1.54) is 4.90 Å². The number of ether oxygens (including phenoxy) is 1. The molecule has 0 saturated carbocycles. The van der Waals surface area contributed by atoms with Crippen LogP contribution in [-0.4, -0.2) is 47.2 Å². The standard InChI is InChI=1S/C14H17N3O3/c1-3-20-13(18)7-8-17(2)14(19)10-5-4-6-12-11(10)9-15-16-12/h4-6,9H,3,7-8H2,1-2H3,(H,15,16). The monoisotopic (exact) mass is 275 g/mol. The van der Waals surface area contributed by atoms with Crippen LogP contribution in [0.15, 0.2) is 24.4 Å². The lowest BCUT2D eigenvalue weighted by Gasteiger charge is -2.17. The Bertz CT molecular complexity index is 621. The van der Waals surface area contributed by atoms with Crippen molar-refractivity contribution in [3.8, 4) is 0 Å². The van der Waals surface area contributed by atoms with Gasteiger partial charge in [0.05, 0.1) is 30.3 Å². The van der Waals surface area contributed by atoms with Crippen LogP contribution in [0, 0.1) is 0 Å². The van der Waals surface area contributed by atoms with Crippen LogP contribution in [0.1, 0.15) is 23.7 Å². The molecule has 2 aromatic rings. The summed E-state index contributed by atoms with van der Waals surface area (Å²) in [6.07, 6.45) is 1.82. The van der Waals surface area contributed by atoms with E-state index in [1.54, 1.807) is 32.3 Å². The number of esters is 1. The highest BCUT2D eigenvalue weighted by molar-refractivity contribution is 6.05. The van der Waals surface area contributed by atoms with Gasteiger partial charge in [-0.15, -0.1) is 0 Å². The van der Waals surface area contributed by atoms with Crippen LogP contribution in [0.5, 0.6) is 0 Å². The Labute approximate surface area is 116 Å². The quantitative estimate of drug-likeness (QED) is 0.841. The van der Waals surface area contributed by atoms with Crippen LogP contribution in [0.3, 0.4) is 0 Å². The van der Waals surface area contributed by atoms with Crippen LogP contribution >= 0.6 is 0 Å². The van der Waals surface area contributed by atoms with Gasteiger partial charge in [-0.05, 0) is 19.1 Å². The maximum atomic E-state index is 12.4. The maximum absolute atomic E-state index is 12.4. The summed E-state index contributed by atoms with van der Waals surface area (Å²) in [5.41, 5.74) is 1.39. The van der Waals surface area contributed by atoms with Gasteiger partial charge in [0.1, 0.15) is 0 Å². The number of aromatic amines is 1. The Morgan fingerprint density at radius 2 is 2.20 bits per heavy atom. The first kappa shape index (κ1) is 14.0. The van der Waals surface area contributed by atoms with Crippen LogP contribution in [0.2, 0.25) is 0 Å². The third-order valence-corrected chi connectivity index (χ3v) is 3.02. The summed E-state index contributed by atoms with van der Waals surface area (Å²) in [7, 11) is 1.67. The van der Waals surface area contributed by atoms with Gasteiger partial charge in [-0.2, -0.15) is 5.10 Å². The number of nitrogens with one attached hydrogen (secondary N) is 1. The van der Waals surface area contributed by atoms with Gasteiger partial charge < -0.3 is 9.64 Å². The molecule has 1 heterocycles. The van der Waals surface area contributed by atoms with E-state index in [2.05, 4.69) is 10.2 Å². The molecular formula is C14H17N3O3. The largest absolute Gasteiger partial charge is 0.466 e. The summed E-state index contributed by atoms with van der Waals surface area (Å²) >= 11 is 0. The zero-order valence-electron chi connectivity index (χ0n) is 11.5. The van der Waals surface area contributed by atoms with Gasteiger partial charge >= 0.3 is 5.97 Å². The number of hydrogen-bond donors (Lipinski definition) is 1. The fraction of sp³-hybridized carbons (Fsp3) is 0.357. The van der Waals surface area contributed by atoms with Crippen molar-refractivity contribution < 1.29 is 14.3 Å². The Kier molecular flexibility index (Phi) is 4.34. The van der Waals surface area contributed by atoms with Crippen LogP contribution in [0.25, 0.3) is 10.9 Å². The van der Waals surface area contributed by atoms with Gasteiger partial charge in [0.15, 0.2) is 0 Å². The predicted octanol–water partition coefficient (Wildman–Crippen LogP) is 1.59. The molecular weight excluding hydrogens is 258 g/mol. The first-order chi connectivity index (χ1) is 9.63. The Morgan fingerprint density at radius 3 is 2.95 bits per heavy atom. The van der Waals surface area contributed by atoms with Crippen molar-refractivity contribution in [3.05, 3.63) is 30.0 Å². The molecule has 0 fully saturated rings. The second-order valence-electron chi connectivity index (χ2n) is 4.42. The summed E-state index contributed by atoms with van der Waals surface area (Å²) in [4.78, 5) is 25.2. The number of benzene rings is 1. The summed E-state index contributed by atoms with van der Waals surface area (Å²) in [6, 6.07) is 5.41. The fourth-order valence-electron chi connectivity index (χ4n) is 1.95. The van der Waals surface area contributed by atoms with E-state index in [0.717, 1.165) is 10.9 Å². The highest BCUT2D eigenvalue weighted by atomic mass is 16.5. The Hall–Kier alpha value is -2.37. The molecule has 0 aliphatic carbocycles. The van der Waals surface area contributed by atoms with Gasteiger partial charge in [0, 0.05) is 19.0 Å². The van der Waals surface area contributed by atoms with Crippen molar-refractivity contribution in [1.29, 1.82) is 0 Å². The summed E-state index contributed by atoms with van der Waals surface area (Å²) in [6.45, 7) is 2.43. The lowest BCUT2D eigenvalue weighted by Crippen LogP contribution is -2.29. The SMILES string of the molecule is CCOC(=O)CCN(C)C(=O)c1cccc2[nH]ncc12. The number of aromatic nitrogens is 2. The first-order valence-electron chi connectivity index (χ1n) is 6.46. The normalized spacial score (nSPS) is 10.5. The van der Waals surface area contributed by atoms with E-state index < -0.39 is 0 Å². The molecule has 1 aromatic heterocycles. The molecule has 0 spiro atoms. The van der Waals surface area contributed by atoms with Crippen molar-refractivity contribution in [2.75, 3.05) is 20.2 Å². The number of nitrogens with zero attached hydrogens (tertiary/aromatic N) is 2. The Balaban J connectivity index is 2.07. The minimum Gasteiger partial charge on any atom is -0.466 e. The van der Waals surface area contributed by atoms with Crippen molar-refractivity contribution in [2.45, 2.75) is 13.3 Å². The highest BCUT2D eigenvalue weighted by Crippen LogP contribution is 2.17. The number of amides is 1. The predicted molar refractivity (Wildman–Crippen MR) is 74.3 cm³/mol. The molecule has 0 aliphatic rings. The van der Waals surface area contributed by atoms with E-state index in [1.807, 2.05) is 6.07 Å². The molecule has 0 atom stereocenters. The second kappa shape index (κ2) is 6.18. The number of carbonyl (C=O) groups excluding carboxylic acids is 2. The molecule has 0 aliphatic heterocycles. The van der Waals surface area contributed by atoms with Crippen molar-refractivity contribution in [1.82, 2.24) is 15.1 Å². The van der Waals surface area contributed by atoms with Gasteiger partial charge in [-0.1, -0.05) is 6.07 Å². The molecule has 1 amide bonds. The number of H-pyrrole nitrogens is 1. The molecule has 1 aromatic carbocycles. The van der Waals surface area contributed by atoms with Crippen molar-refractivity contribution in [3.63, 3.8) is 0 Å². The Morgan fingerprint density at radius 1 is 1.40 bits per heavy atom. The minimum absolute atomic E-state index is 0.138. The number of rotatable bonds is 5. The third kappa shape index (κ3) is 2.96. The third-order valence-electron chi connectivity index (χ3n) is 3.02. The number of fused-ring (bicyclic) bond motifs is 1. The zero-order chi connectivity index (χ0) is 14.5. The van der Waals surface area contributed by atoms with Crippen molar-refractivity contribution in [2.24, 2.45) is 0 Å². The van der Waals surface area contributed by atoms with E-state index in [-0.39, 0.29) is 18.3 Å². The van der Waals surface area contributed by atoms with Gasteiger partial charge in [0.25, 0.3) is 5.91 Å². The van der Waals surface area contributed by atoms with E-state index in [4.69, 9.17) is 4.74 Å². The molecule has 0 radical (unpaired) electrons. The van der Waals surface area contributed by atoms with Crippen LogP contribution in [0.4, 0.5) is 0 Å². The van der Waals surface area contributed by atoms with Crippen LogP contribution < -0.4 is 0 Å². The second-order valence-corrected chi connectivity index (χ2v) is 4.42.